The molecule has 6 heteroatoms. The topological polar surface area (TPSA) is 85.6 Å². The summed E-state index contributed by atoms with van der Waals surface area (Å²) in [5.74, 6) is -1.55. The van der Waals surface area contributed by atoms with Gasteiger partial charge in [0.25, 0.3) is 5.91 Å². The van der Waals surface area contributed by atoms with Gasteiger partial charge in [-0.25, -0.2) is 4.79 Å². The normalized spacial score (nSPS) is 11.7. The third kappa shape index (κ3) is 3.97. The van der Waals surface area contributed by atoms with Gasteiger partial charge in [-0.05, 0) is 24.6 Å². The van der Waals surface area contributed by atoms with Crippen LogP contribution in [0.4, 0.5) is 0 Å². The molecule has 1 heterocycles. The summed E-state index contributed by atoms with van der Waals surface area (Å²) in [6.07, 6.45) is 0. The fourth-order valence-electron chi connectivity index (χ4n) is 2.51. The van der Waals surface area contributed by atoms with Crippen LogP contribution < -0.4 is 10.7 Å². The number of carbonyl (C=O) groups is 2. The van der Waals surface area contributed by atoms with Crippen LogP contribution in [0.15, 0.2) is 69.9 Å². The van der Waals surface area contributed by atoms with Gasteiger partial charge in [-0.1, -0.05) is 42.5 Å². The summed E-state index contributed by atoms with van der Waals surface area (Å²) in [6, 6.07) is 16.8. The molecule has 0 aliphatic carbocycles. The SMILES string of the molecule is CC(NC(=O)COC(=O)c1cc(=O)c2ccccc2o1)c1ccccc1. The summed E-state index contributed by atoms with van der Waals surface area (Å²) in [4.78, 5) is 36.0. The van der Waals surface area contributed by atoms with Gasteiger partial charge < -0.3 is 14.5 Å². The molecule has 1 amide bonds. The van der Waals surface area contributed by atoms with Crippen molar-refractivity contribution >= 4 is 22.8 Å². The lowest BCUT2D eigenvalue weighted by molar-refractivity contribution is -0.124. The average Bonchev–Trinajstić information content (AvgIpc) is 2.66. The van der Waals surface area contributed by atoms with E-state index >= 15 is 0 Å². The Morgan fingerprint density at radius 1 is 1.08 bits per heavy atom. The van der Waals surface area contributed by atoms with E-state index in [2.05, 4.69) is 5.32 Å². The molecule has 0 radical (unpaired) electrons. The smallest absolute Gasteiger partial charge is 0.374 e. The Kier molecular flexibility index (Phi) is 5.12. The van der Waals surface area contributed by atoms with E-state index in [0.717, 1.165) is 11.6 Å². The zero-order valence-corrected chi connectivity index (χ0v) is 14.1. The molecular formula is C20H17NO5. The number of fused-ring (bicyclic) bond motifs is 1. The summed E-state index contributed by atoms with van der Waals surface area (Å²) < 4.78 is 10.3. The summed E-state index contributed by atoms with van der Waals surface area (Å²) in [6.45, 7) is 1.37. The van der Waals surface area contributed by atoms with Crippen LogP contribution in [0.5, 0.6) is 0 Å². The van der Waals surface area contributed by atoms with Crippen LogP contribution in [0.1, 0.15) is 29.1 Å². The molecule has 26 heavy (non-hydrogen) atoms. The molecule has 0 spiro atoms. The van der Waals surface area contributed by atoms with Crippen molar-refractivity contribution in [1.29, 1.82) is 0 Å². The first-order valence-electron chi connectivity index (χ1n) is 8.09. The number of nitrogens with one attached hydrogen (secondary N) is 1. The molecule has 6 nitrogen and oxygen atoms in total. The van der Waals surface area contributed by atoms with E-state index in [4.69, 9.17) is 9.15 Å². The first-order chi connectivity index (χ1) is 12.5. The van der Waals surface area contributed by atoms with E-state index in [-0.39, 0.29) is 22.8 Å². The van der Waals surface area contributed by atoms with Crippen LogP contribution in [0, 0.1) is 0 Å². The molecule has 2 aromatic carbocycles. The zero-order chi connectivity index (χ0) is 18.5. The average molecular weight is 351 g/mol. The predicted molar refractivity (Wildman–Crippen MR) is 95.8 cm³/mol. The van der Waals surface area contributed by atoms with E-state index in [1.807, 2.05) is 37.3 Å². The lowest BCUT2D eigenvalue weighted by Gasteiger charge is -2.14. The van der Waals surface area contributed by atoms with Gasteiger partial charge in [0, 0.05) is 6.07 Å². The molecule has 0 saturated heterocycles. The second kappa shape index (κ2) is 7.65. The van der Waals surface area contributed by atoms with E-state index in [9.17, 15) is 14.4 Å². The number of esters is 1. The van der Waals surface area contributed by atoms with Crippen LogP contribution >= 0.6 is 0 Å². The third-order valence-corrected chi connectivity index (χ3v) is 3.85. The Morgan fingerprint density at radius 3 is 2.54 bits per heavy atom. The molecule has 1 aromatic heterocycles. The molecule has 0 bridgehead atoms. The van der Waals surface area contributed by atoms with Gasteiger partial charge in [-0.2, -0.15) is 0 Å². The van der Waals surface area contributed by atoms with Gasteiger partial charge in [0.2, 0.25) is 5.76 Å². The fourth-order valence-corrected chi connectivity index (χ4v) is 2.51. The van der Waals surface area contributed by atoms with Gasteiger partial charge in [0.1, 0.15) is 5.58 Å². The number of rotatable bonds is 5. The molecule has 1 atom stereocenters. The van der Waals surface area contributed by atoms with E-state index in [1.165, 1.54) is 0 Å². The van der Waals surface area contributed by atoms with Gasteiger partial charge in [0.05, 0.1) is 11.4 Å². The number of benzene rings is 2. The standard InChI is InChI=1S/C20H17NO5/c1-13(14-7-3-2-4-8-14)21-19(23)12-25-20(24)18-11-16(22)15-9-5-6-10-17(15)26-18/h2-11,13H,12H2,1H3,(H,21,23). The van der Waals surface area contributed by atoms with Crippen LogP contribution in [-0.4, -0.2) is 18.5 Å². The number of hydrogen-bond acceptors (Lipinski definition) is 5. The minimum Gasteiger partial charge on any atom is -0.450 e. The molecule has 3 aromatic rings. The van der Waals surface area contributed by atoms with Crippen LogP contribution in [0.2, 0.25) is 0 Å². The van der Waals surface area contributed by atoms with E-state index in [0.29, 0.717) is 5.39 Å². The molecule has 3 rings (SSSR count). The molecule has 0 aliphatic heterocycles. The zero-order valence-electron chi connectivity index (χ0n) is 14.1. The maximum absolute atomic E-state index is 12.1. The quantitative estimate of drug-likeness (QED) is 0.715. The van der Waals surface area contributed by atoms with Gasteiger partial charge >= 0.3 is 5.97 Å². The molecule has 1 N–H and O–H groups in total. The van der Waals surface area contributed by atoms with Crippen molar-refractivity contribution in [3.8, 4) is 0 Å². The summed E-state index contributed by atoms with van der Waals surface area (Å²) >= 11 is 0. The highest BCUT2D eigenvalue weighted by atomic mass is 16.5. The maximum Gasteiger partial charge on any atom is 0.374 e. The summed E-state index contributed by atoms with van der Waals surface area (Å²) in [5.41, 5.74) is 0.878. The Hall–Kier alpha value is -3.41. The number of amides is 1. The van der Waals surface area contributed by atoms with Gasteiger partial charge in [0.15, 0.2) is 12.0 Å². The van der Waals surface area contributed by atoms with E-state index in [1.54, 1.807) is 24.3 Å². The van der Waals surface area contributed by atoms with Crippen molar-refractivity contribution in [2.75, 3.05) is 6.61 Å². The lowest BCUT2D eigenvalue weighted by Crippen LogP contribution is -2.31. The molecule has 0 fully saturated rings. The lowest BCUT2D eigenvalue weighted by atomic mass is 10.1. The number of carbonyl (C=O) groups excluding carboxylic acids is 2. The highest BCUT2D eigenvalue weighted by Gasteiger charge is 2.16. The molecule has 0 saturated carbocycles. The minimum absolute atomic E-state index is 0.221. The summed E-state index contributed by atoms with van der Waals surface area (Å²) in [7, 11) is 0. The van der Waals surface area contributed by atoms with Gasteiger partial charge in [-0.15, -0.1) is 0 Å². The van der Waals surface area contributed by atoms with Crippen molar-refractivity contribution in [2.45, 2.75) is 13.0 Å². The second-order valence-electron chi connectivity index (χ2n) is 5.75. The third-order valence-electron chi connectivity index (χ3n) is 3.85. The Morgan fingerprint density at radius 2 is 1.77 bits per heavy atom. The van der Waals surface area contributed by atoms with Crippen LogP contribution in [-0.2, 0) is 9.53 Å². The monoisotopic (exact) mass is 351 g/mol. The largest absolute Gasteiger partial charge is 0.450 e. The van der Waals surface area contributed by atoms with Gasteiger partial charge in [-0.3, -0.25) is 9.59 Å². The second-order valence-corrected chi connectivity index (χ2v) is 5.75. The maximum atomic E-state index is 12.1. The highest BCUT2D eigenvalue weighted by Crippen LogP contribution is 2.13. The Balaban J connectivity index is 1.62. The highest BCUT2D eigenvalue weighted by molar-refractivity contribution is 5.90. The molecule has 1 unspecified atom stereocenters. The fraction of sp³-hybridized carbons (Fsp3) is 0.150. The van der Waals surface area contributed by atoms with Crippen molar-refractivity contribution < 1.29 is 18.7 Å². The van der Waals surface area contributed by atoms with Crippen LogP contribution in [0.3, 0.4) is 0 Å². The molecule has 0 aliphatic rings. The number of hydrogen-bond donors (Lipinski definition) is 1. The van der Waals surface area contributed by atoms with Crippen molar-refractivity contribution in [3.05, 3.63) is 82.2 Å². The number of ether oxygens (including phenoxy) is 1. The molecular weight excluding hydrogens is 334 g/mol. The van der Waals surface area contributed by atoms with Crippen molar-refractivity contribution in [1.82, 2.24) is 5.32 Å². The Labute approximate surface area is 149 Å². The van der Waals surface area contributed by atoms with E-state index < -0.39 is 18.5 Å². The molecule has 132 valence electrons. The van der Waals surface area contributed by atoms with Crippen molar-refractivity contribution in [3.63, 3.8) is 0 Å². The Bertz CT molecular complexity index is 994. The van der Waals surface area contributed by atoms with Crippen LogP contribution in [0.25, 0.3) is 11.0 Å². The number of para-hydroxylation sites is 1. The first-order valence-corrected chi connectivity index (χ1v) is 8.09. The first kappa shape index (κ1) is 17.4. The van der Waals surface area contributed by atoms with Crippen molar-refractivity contribution in [2.24, 2.45) is 0 Å². The predicted octanol–water partition coefficient (Wildman–Crippen LogP) is 2.83. The minimum atomic E-state index is -0.865. The summed E-state index contributed by atoms with van der Waals surface area (Å²) in [5, 5.41) is 3.11.